The molecule has 0 fully saturated rings. The largest absolute Gasteiger partial charge is 0.382 e. The highest BCUT2D eigenvalue weighted by Gasteiger charge is 2.12. The maximum Gasteiger partial charge on any atom is 0.0832 e. The standard InChI is InChI=1S/C14H19ClN4/c1-10-14(17-9-3-8-16)11(2)19(18-10)13-6-4-12(15)5-7-13/h4-7,17H,3,8-9,16H2,1-2H3. The maximum atomic E-state index is 5.91. The van der Waals surface area contributed by atoms with Crippen molar-refractivity contribution in [3.8, 4) is 5.69 Å². The van der Waals surface area contributed by atoms with Crippen LogP contribution in [0.15, 0.2) is 24.3 Å². The lowest BCUT2D eigenvalue weighted by Gasteiger charge is -2.07. The van der Waals surface area contributed by atoms with Crippen molar-refractivity contribution in [1.29, 1.82) is 0 Å². The molecule has 0 amide bonds. The zero-order valence-corrected chi connectivity index (χ0v) is 12.0. The third kappa shape index (κ3) is 3.08. The van der Waals surface area contributed by atoms with Crippen LogP contribution in [0.3, 0.4) is 0 Å². The summed E-state index contributed by atoms with van der Waals surface area (Å²) in [5.41, 5.74) is 9.69. The third-order valence-corrected chi connectivity index (χ3v) is 3.30. The van der Waals surface area contributed by atoms with Crippen molar-refractivity contribution in [3.05, 3.63) is 40.7 Å². The topological polar surface area (TPSA) is 55.9 Å². The number of nitrogens with zero attached hydrogens (tertiary/aromatic N) is 2. The van der Waals surface area contributed by atoms with E-state index in [1.165, 1.54) is 0 Å². The molecule has 0 atom stereocenters. The first kappa shape index (κ1) is 13.9. The minimum atomic E-state index is 0.691. The molecule has 4 nitrogen and oxygen atoms in total. The molecule has 2 aromatic rings. The van der Waals surface area contributed by atoms with E-state index >= 15 is 0 Å². The van der Waals surface area contributed by atoms with E-state index in [1.807, 2.05) is 35.9 Å². The molecular weight excluding hydrogens is 260 g/mol. The van der Waals surface area contributed by atoms with Crippen LogP contribution in [0.1, 0.15) is 17.8 Å². The van der Waals surface area contributed by atoms with Crippen LogP contribution in [0.25, 0.3) is 5.69 Å². The molecule has 0 unspecified atom stereocenters. The fourth-order valence-electron chi connectivity index (χ4n) is 2.05. The van der Waals surface area contributed by atoms with Crippen LogP contribution in [0.2, 0.25) is 5.02 Å². The zero-order valence-electron chi connectivity index (χ0n) is 11.3. The molecule has 0 saturated heterocycles. The molecular formula is C14H19ClN4. The Balaban J connectivity index is 2.27. The number of nitrogens with two attached hydrogens (primary N) is 1. The van der Waals surface area contributed by atoms with Crippen molar-refractivity contribution in [2.24, 2.45) is 5.73 Å². The highest BCUT2D eigenvalue weighted by molar-refractivity contribution is 6.30. The Morgan fingerprint density at radius 1 is 1.26 bits per heavy atom. The summed E-state index contributed by atoms with van der Waals surface area (Å²) in [6.45, 7) is 5.62. The van der Waals surface area contributed by atoms with Gasteiger partial charge in [0.05, 0.1) is 22.8 Å². The Labute approximate surface area is 118 Å². The number of nitrogens with one attached hydrogen (secondary N) is 1. The van der Waals surface area contributed by atoms with Crippen LogP contribution in [0.4, 0.5) is 5.69 Å². The van der Waals surface area contributed by atoms with Gasteiger partial charge in [-0.15, -0.1) is 0 Å². The molecule has 0 bridgehead atoms. The highest BCUT2D eigenvalue weighted by atomic mass is 35.5. The quantitative estimate of drug-likeness (QED) is 0.827. The number of benzene rings is 1. The average Bonchev–Trinajstić information content (AvgIpc) is 2.68. The second-order valence-corrected chi connectivity index (χ2v) is 4.94. The van der Waals surface area contributed by atoms with Crippen LogP contribution >= 0.6 is 11.6 Å². The molecule has 0 aliphatic rings. The first-order chi connectivity index (χ1) is 9.13. The van der Waals surface area contributed by atoms with Crippen molar-refractivity contribution in [2.75, 3.05) is 18.4 Å². The van der Waals surface area contributed by atoms with Gasteiger partial charge in [-0.3, -0.25) is 0 Å². The molecule has 102 valence electrons. The van der Waals surface area contributed by atoms with E-state index in [2.05, 4.69) is 17.3 Å². The fourth-order valence-corrected chi connectivity index (χ4v) is 2.17. The van der Waals surface area contributed by atoms with E-state index in [0.717, 1.165) is 40.8 Å². The second kappa shape index (κ2) is 6.08. The molecule has 0 aliphatic heterocycles. The van der Waals surface area contributed by atoms with Gasteiger partial charge in [0.15, 0.2) is 0 Å². The Morgan fingerprint density at radius 3 is 2.58 bits per heavy atom. The first-order valence-corrected chi connectivity index (χ1v) is 6.77. The molecule has 5 heteroatoms. The van der Waals surface area contributed by atoms with Crippen molar-refractivity contribution >= 4 is 17.3 Å². The maximum absolute atomic E-state index is 5.91. The summed E-state index contributed by atoms with van der Waals surface area (Å²) in [7, 11) is 0. The SMILES string of the molecule is Cc1nn(-c2ccc(Cl)cc2)c(C)c1NCCCN. The number of anilines is 1. The molecule has 1 aromatic carbocycles. The van der Waals surface area contributed by atoms with E-state index in [9.17, 15) is 0 Å². The van der Waals surface area contributed by atoms with Crippen LogP contribution in [-0.4, -0.2) is 22.9 Å². The number of aryl methyl sites for hydroxylation is 1. The summed E-state index contributed by atoms with van der Waals surface area (Å²) in [6.07, 6.45) is 0.949. The summed E-state index contributed by atoms with van der Waals surface area (Å²) in [5.74, 6) is 0. The van der Waals surface area contributed by atoms with Gasteiger partial charge >= 0.3 is 0 Å². The predicted molar refractivity (Wildman–Crippen MR) is 80.2 cm³/mol. The van der Waals surface area contributed by atoms with Gasteiger partial charge in [-0.05, 0) is 51.1 Å². The van der Waals surface area contributed by atoms with Crippen LogP contribution < -0.4 is 11.1 Å². The summed E-state index contributed by atoms with van der Waals surface area (Å²) < 4.78 is 1.93. The molecule has 0 aliphatic carbocycles. The number of aromatic nitrogens is 2. The Kier molecular flexibility index (Phi) is 4.45. The van der Waals surface area contributed by atoms with Gasteiger partial charge < -0.3 is 11.1 Å². The van der Waals surface area contributed by atoms with Gasteiger partial charge in [-0.25, -0.2) is 4.68 Å². The van der Waals surface area contributed by atoms with Crippen LogP contribution in [0, 0.1) is 13.8 Å². The normalized spacial score (nSPS) is 10.7. The van der Waals surface area contributed by atoms with E-state index in [-0.39, 0.29) is 0 Å². The van der Waals surface area contributed by atoms with Crippen molar-refractivity contribution < 1.29 is 0 Å². The molecule has 0 saturated carbocycles. The van der Waals surface area contributed by atoms with E-state index in [0.29, 0.717) is 6.54 Å². The van der Waals surface area contributed by atoms with E-state index < -0.39 is 0 Å². The number of rotatable bonds is 5. The summed E-state index contributed by atoms with van der Waals surface area (Å²) >= 11 is 5.91. The lowest BCUT2D eigenvalue weighted by Crippen LogP contribution is -2.09. The number of hydrogen-bond acceptors (Lipinski definition) is 3. The fraction of sp³-hybridized carbons (Fsp3) is 0.357. The smallest absolute Gasteiger partial charge is 0.0832 e. The number of hydrogen-bond donors (Lipinski definition) is 2. The van der Waals surface area contributed by atoms with Crippen LogP contribution in [-0.2, 0) is 0 Å². The van der Waals surface area contributed by atoms with Crippen molar-refractivity contribution in [2.45, 2.75) is 20.3 Å². The molecule has 0 spiro atoms. The van der Waals surface area contributed by atoms with Gasteiger partial charge in [-0.2, -0.15) is 5.10 Å². The first-order valence-electron chi connectivity index (χ1n) is 6.39. The Hall–Kier alpha value is -1.52. The Bertz CT molecular complexity index is 545. The van der Waals surface area contributed by atoms with Crippen molar-refractivity contribution in [1.82, 2.24) is 9.78 Å². The predicted octanol–water partition coefficient (Wildman–Crippen LogP) is 2.90. The molecule has 0 radical (unpaired) electrons. The average molecular weight is 279 g/mol. The molecule has 3 N–H and O–H groups in total. The van der Waals surface area contributed by atoms with Gasteiger partial charge in [0, 0.05) is 11.6 Å². The molecule has 1 heterocycles. The molecule has 2 rings (SSSR count). The minimum absolute atomic E-state index is 0.691. The lowest BCUT2D eigenvalue weighted by atomic mass is 10.3. The third-order valence-electron chi connectivity index (χ3n) is 3.05. The Morgan fingerprint density at radius 2 is 1.95 bits per heavy atom. The second-order valence-electron chi connectivity index (χ2n) is 4.50. The van der Waals surface area contributed by atoms with Crippen molar-refractivity contribution in [3.63, 3.8) is 0 Å². The summed E-state index contributed by atoms with van der Waals surface area (Å²) in [5, 5.41) is 8.69. The molecule has 1 aromatic heterocycles. The van der Waals surface area contributed by atoms with Gasteiger partial charge in [0.1, 0.15) is 0 Å². The highest BCUT2D eigenvalue weighted by Crippen LogP contribution is 2.23. The van der Waals surface area contributed by atoms with E-state index in [4.69, 9.17) is 17.3 Å². The van der Waals surface area contributed by atoms with E-state index in [1.54, 1.807) is 0 Å². The van der Waals surface area contributed by atoms with Gasteiger partial charge in [0.25, 0.3) is 0 Å². The minimum Gasteiger partial charge on any atom is -0.382 e. The monoisotopic (exact) mass is 278 g/mol. The lowest BCUT2D eigenvalue weighted by molar-refractivity contribution is 0.833. The van der Waals surface area contributed by atoms with Gasteiger partial charge in [0.2, 0.25) is 0 Å². The molecule has 19 heavy (non-hydrogen) atoms. The van der Waals surface area contributed by atoms with Crippen LogP contribution in [0.5, 0.6) is 0 Å². The van der Waals surface area contributed by atoms with Gasteiger partial charge in [-0.1, -0.05) is 11.6 Å². The zero-order chi connectivity index (χ0) is 13.8. The summed E-state index contributed by atoms with van der Waals surface area (Å²) in [6, 6.07) is 7.67. The summed E-state index contributed by atoms with van der Waals surface area (Å²) in [4.78, 5) is 0. The number of halogens is 1.